The van der Waals surface area contributed by atoms with Gasteiger partial charge in [-0.2, -0.15) is 8.78 Å². The molecule has 1 N–H and O–H groups in total. The van der Waals surface area contributed by atoms with Crippen LogP contribution in [0.5, 0.6) is 11.5 Å². The Labute approximate surface area is 152 Å². The van der Waals surface area contributed by atoms with Crippen LogP contribution in [0.1, 0.15) is 20.7 Å². The maximum atomic E-state index is 12.2. The molecule has 27 heavy (non-hydrogen) atoms. The molecule has 138 valence electrons. The number of alkyl halides is 2. The van der Waals surface area contributed by atoms with Gasteiger partial charge in [0.05, 0.1) is 0 Å². The Morgan fingerprint density at radius 2 is 1.67 bits per heavy atom. The summed E-state index contributed by atoms with van der Waals surface area (Å²) in [5, 5.41) is 11.5. The van der Waals surface area contributed by atoms with E-state index in [-0.39, 0.29) is 22.6 Å². The van der Waals surface area contributed by atoms with E-state index < -0.39 is 25.0 Å². The molecule has 0 amide bonds. The van der Waals surface area contributed by atoms with E-state index in [0.29, 0.717) is 5.39 Å². The van der Waals surface area contributed by atoms with Crippen LogP contribution in [-0.4, -0.2) is 30.1 Å². The van der Waals surface area contributed by atoms with Crippen molar-refractivity contribution in [2.75, 3.05) is 6.61 Å². The predicted octanol–water partition coefficient (Wildman–Crippen LogP) is 4.19. The van der Waals surface area contributed by atoms with Gasteiger partial charge in [-0.3, -0.25) is 4.79 Å². The summed E-state index contributed by atoms with van der Waals surface area (Å²) in [6.45, 7) is -3.51. The lowest BCUT2D eigenvalue weighted by molar-refractivity contribution is -0.0498. The molecule has 0 saturated heterocycles. The summed E-state index contributed by atoms with van der Waals surface area (Å²) in [5.41, 5.74) is 0.120. The standard InChI is InChI=1S/C20H14F2O5/c21-20(22)27-14-8-5-13(6-9-14)17(23)11-26-19(25)16-10-7-12-3-1-2-4-15(12)18(16)24/h1-10,20,24H,11H2. The molecule has 0 saturated carbocycles. The fourth-order valence-electron chi connectivity index (χ4n) is 2.53. The van der Waals surface area contributed by atoms with Crippen molar-refractivity contribution in [3.8, 4) is 11.5 Å². The smallest absolute Gasteiger partial charge is 0.387 e. The molecule has 0 aromatic heterocycles. The first kappa shape index (κ1) is 18.3. The molecule has 3 aromatic rings. The van der Waals surface area contributed by atoms with Gasteiger partial charge in [0.2, 0.25) is 0 Å². The van der Waals surface area contributed by atoms with Crippen molar-refractivity contribution in [3.05, 3.63) is 71.8 Å². The van der Waals surface area contributed by atoms with E-state index >= 15 is 0 Å². The first-order chi connectivity index (χ1) is 13.0. The van der Waals surface area contributed by atoms with Gasteiger partial charge in [-0.05, 0) is 35.7 Å². The van der Waals surface area contributed by atoms with Crippen LogP contribution in [0.4, 0.5) is 8.78 Å². The molecule has 0 aliphatic rings. The highest BCUT2D eigenvalue weighted by atomic mass is 19.3. The van der Waals surface area contributed by atoms with Gasteiger partial charge in [0, 0.05) is 10.9 Å². The Hall–Kier alpha value is -3.48. The number of halogens is 2. The van der Waals surface area contributed by atoms with Crippen molar-refractivity contribution in [3.63, 3.8) is 0 Å². The Kier molecular flexibility index (Phi) is 5.30. The summed E-state index contributed by atoms with van der Waals surface area (Å²) in [6.07, 6.45) is 0. The second-order valence-electron chi connectivity index (χ2n) is 5.59. The molecular formula is C20H14F2O5. The number of hydrogen-bond donors (Lipinski definition) is 1. The lowest BCUT2D eigenvalue weighted by atomic mass is 10.1. The number of aromatic hydroxyl groups is 1. The molecule has 0 fully saturated rings. The van der Waals surface area contributed by atoms with Crippen LogP contribution in [0.15, 0.2) is 60.7 Å². The first-order valence-electron chi connectivity index (χ1n) is 7.91. The lowest BCUT2D eigenvalue weighted by Gasteiger charge is -2.09. The molecule has 0 heterocycles. The molecule has 0 bridgehead atoms. The van der Waals surface area contributed by atoms with Crippen molar-refractivity contribution in [2.45, 2.75) is 6.61 Å². The van der Waals surface area contributed by atoms with Gasteiger partial charge in [0.25, 0.3) is 0 Å². The zero-order valence-electron chi connectivity index (χ0n) is 13.9. The lowest BCUT2D eigenvalue weighted by Crippen LogP contribution is -2.14. The highest BCUT2D eigenvalue weighted by Crippen LogP contribution is 2.29. The molecule has 5 nitrogen and oxygen atoms in total. The minimum Gasteiger partial charge on any atom is -0.506 e. The monoisotopic (exact) mass is 372 g/mol. The van der Waals surface area contributed by atoms with E-state index in [4.69, 9.17) is 4.74 Å². The molecule has 3 rings (SSSR count). The van der Waals surface area contributed by atoms with E-state index in [9.17, 15) is 23.5 Å². The maximum absolute atomic E-state index is 12.2. The fourth-order valence-corrected chi connectivity index (χ4v) is 2.53. The third-order valence-electron chi connectivity index (χ3n) is 3.86. The third-order valence-corrected chi connectivity index (χ3v) is 3.86. The highest BCUT2D eigenvalue weighted by molar-refractivity contribution is 6.03. The molecule has 0 aliphatic heterocycles. The molecule has 0 atom stereocenters. The minimum absolute atomic E-state index is 0.0535. The summed E-state index contributed by atoms with van der Waals surface area (Å²) in [5.74, 6) is -1.67. The van der Waals surface area contributed by atoms with E-state index in [1.165, 1.54) is 30.3 Å². The Morgan fingerprint density at radius 1 is 0.963 bits per heavy atom. The number of carbonyl (C=O) groups excluding carboxylic acids is 2. The summed E-state index contributed by atoms with van der Waals surface area (Å²) in [6, 6.07) is 15.1. The fraction of sp³-hybridized carbons (Fsp3) is 0.100. The van der Waals surface area contributed by atoms with E-state index in [2.05, 4.69) is 4.74 Å². The Morgan fingerprint density at radius 3 is 2.37 bits per heavy atom. The van der Waals surface area contributed by atoms with Crippen molar-refractivity contribution in [1.29, 1.82) is 0 Å². The number of phenols is 1. The average Bonchev–Trinajstić information content (AvgIpc) is 2.66. The van der Waals surface area contributed by atoms with Crippen molar-refractivity contribution in [2.24, 2.45) is 0 Å². The number of phenolic OH excluding ortho intramolecular Hbond substituents is 1. The van der Waals surface area contributed by atoms with Crippen LogP contribution in [0.25, 0.3) is 10.8 Å². The van der Waals surface area contributed by atoms with Crippen molar-refractivity contribution in [1.82, 2.24) is 0 Å². The number of ketones is 1. The topological polar surface area (TPSA) is 72.8 Å². The molecule has 0 radical (unpaired) electrons. The zero-order valence-corrected chi connectivity index (χ0v) is 13.9. The third kappa shape index (κ3) is 4.20. The molecule has 0 unspecified atom stereocenters. The van der Waals surface area contributed by atoms with Gasteiger partial charge >= 0.3 is 12.6 Å². The van der Waals surface area contributed by atoms with Crippen LogP contribution in [-0.2, 0) is 4.74 Å². The molecule has 7 heteroatoms. The number of rotatable bonds is 6. The molecule has 0 aliphatic carbocycles. The average molecular weight is 372 g/mol. The maximum Gasteiger partial charge on any atom is 0.387 e. The summed E-state index contributed by atoms with van der Waals surface area (Å²) in [4.78, 5) is 24.3. The zero-order chi connectivity index (χ0) is 19.4. The van der Waals surface area contributed by atoms with E-state index in [1.807, 2.05) is 0 Å². The van der Waals surface area contributed by atoms with Crippen LogP contribution in [0.3, 0.4) is 0 Å². The number of benzene rings is 3. The normalized spacial score (nSPS) is 10.8. The second-order valence-corrected chi connectivity index (χ2v) is 5.59. The Bertz CT molecular complexity index is 983. The number of carbonyl (C=O) groups is 2. The van der Waals surface area contributed by atoms with Crippen LogP contribution in [0.2, 0.25) is 0 Å². The Balaban J connectivity index is 1.67. The van der Waals surface area contributed by atoms with Gasteiger partial charge in [-0.1, -0.05) is 30.3 Å². The van der Waals surface area contributed by atoms with Gasteiger partial charge in [-0.15, -0.1) is 0 Å². The van der Waals surface area contributed by atoms with Crippen LogP contribution in [0, 0.1) is 0 Å². The number of Topliss-reactive ketones (excluding diaryl/α,β-unsaturated/α-hetero) is 1. The number of fused-ring (bicyclic) bond motifs is 1. The summed E-state index contributed by atoms with van der Waals surface area (Å²) < 4.78 is 33.4. The number of hydrogen-bond acceptors (Lipinski definition) is 5. The van der Waals surface area contributed by atoms with Crippen LogP contribution < -0.4 is 4.74 Å². The molecule has 3 aromatic carbocycles. The largest absolute Gasteiger partial charge is 0.506 e. The summed E-state index contributed by atoms with van der Waals surface area (Å²) >= 11 is 0. The second kappa shape index (κ2) is 7.82. The first-order valence-corrected chi connectivity index (χ1v) is 7.91. The van der Waals surface area contributed by atoms with Gasteiger partial charge in [0.1, 0.15) is 17.1 Å². The van der Waals surface area contributed by atoms with E-state index in [0.717, 1.165) is 5.39 Å². The van der Waals surface area contributed by atoms with Crippen molar-refractivity contribution < 1.29 is 33.0 Å². The minimum atomic E-state index is -2.96. The van der Waals surface area contributed by atoms with Gasteiger partial charge < -0.3 is 14.6 Å². The highest BCUT2D eigenvalue weighted by Gasteiger charge is 2.17. The van der Waals surface area contributed by atoms with Gasteiger partial charge in [-0.25, -0.2) is 4.79 Å². The van der Waals surface area contributed by atoms with Gasteiger partial charge in [0.15, 0.2) is 12.4 Å². The number of esters is 1. The SMILES string of the molecule is O=C(COC(=O)c1ccc2ccccc2c1O)c1ccc(OC(F)F)cc1. The van der Waals surface area contributed by atoms with Crippen LogP contribution >= 0.6 is 0 Å². The summed E-state index contributed by atoms with van der Waals surface area (Å²) in [7, 11) is 0. The van der Waals surface area contributed by atoms with Crippen molar-refractivity contribution >= 4 is 22.5 Å². The number of ether oxygens (including phenoxy) is 2. The van der Waals surface area contributed by atoms with E-state index in [1.54, 1.807) is 30.3 Å². The predicted molar refractivity (Wildman–Crippen MR) is 93.3 cm³/mol. The molecular weight excluding hydrogens is 358 g/mol. The quantitative estimate of drug-likeness (QED) is 0.519. The molecule has 0 spiro atoms.